The number of carbonyl (C=O) groups is 1. The Labute approximate surface area is 167 Å². The van der Waals surface area contributed by atoms with Crippen LogP contribution >= 0.6 is 11.6 Å². The van der Waals surface area contributed by atoms with Crippen molar-refractivity contribution in [3.63, 3.8) is 0 Å². The molecule has 7 nitrogen and oxygen atoms in total. The number of hydrogen-bond donors (Lipinski definition) is 1. The van der Waals surface area contributed by atoms with E-state index in [1.165, 1.54) is 10.4 Å². The SMILES string of the molecule is O=C(O)c1nn(-c2ccc(Cl)cc2)nc1N1CCN(Cc2ccccc2)CC1. The van der Waals surface area contributed by atoms with Gasteiger partial charge in [0.25, 0.3) is 0 Å². The van der Waals surface area contributed by atoms with Gasteiger partial charge in [-0.2, -0.15) is 0 Å². The smallest absolute Gasteiger partial charge is 0.360 e. The van der Waals surface area contributed by atoms with Gasteiger partial charge in [-0.25, -0.2) is 4.79 Å². The van der Waals surface area contributed by atoms with Crippen LogP contribution in [-0.2, 0) is 6.54 Å². The summed E-state index contributed by atoms with van der Waals surface area (Å²) < 4.78 is 0. The Morgan fingerprint density at radius 3 is 2.29 bits per heavy atom. The lowest BCUT2D eigenvalue weighted by Crippen LogP contribution is -2.46. The lowest BCUT2D eigenvalue weighted by atomic mass is 10.2. The quantitative estimate of drug-likeness (QED) is 0.713. The number of benzene rings is 2. The third kappa shape index (κ3) is 4.00. The average molecular weight is 398 g/mol. The fourth-order valence-electron chi connectivity index (χ4n) is 3.30. The molecule has 0 atom stereocenters. The summed E-state index contributed by atoms with van der Waals surface area (Å²) in [6.45, 7) is 3.96. The van der Waals surface area contributed by atoms with Gasteiger partial charge in [-0.15, -0.1) is 15.0 Å². The number of hydrogen-bond acceptors (Lipinski definition) is 5. The molecule has 0 bridgehead atoms. The highest BCUT2D eigenvalue weighted by Gasteiger charge is 2.26. The lowest BCUT2D eigenvalue weighted by molar-refractivity contribution is 0.0690. The van der Waals surface area contributed by atoms with Crippen LogP contribution in [0.3, 0.4) is 0 Å². The minimum atomic E-state index is -1.08. The van der Waals surface area contributed by atoms with Crippen molar-refractivity contribution in [3.8, 4) is 5.69 Å². The molecule has 2 heterocycles. The Hall–Kier alpha value is -2.90. The fourth-order valence-corrected chi connectivity index (χ4v) is 3.43. The summed E-state index contributed by atoms with van der Waals surface area (Å²) in [6.07, 6.45) is 0. The minimum absolute atomic E-state index is 0.0357. The van der Waals surface area contributed by atoms with Crippen molar-refractivity contribution < 1.29 is 9.90 Å². The summed E-state index contributed by atoms with van der Waals surface area (Å²) in [6, 6.07) is 17.3. The van der Waals surface area contributed by atoms with E-state index in [0.29, 0.717) is 29.6 Å². The van der Waals surface area contributed by atoms with Crippen molar-refractivity contribution in [1.29, 1.82) is 0 Å². The summed E-state index contributed by atoms with van der Waals surface area (Å²) >= 11 is 5.92. The first kappa shape index (κ1) is 18.5. The normalized spacial score (nSPS) is 15.0. The largest absolute Gasteiger partial charge is 0.476 e. The Bertz CT molecular complexity index is 950. The van der Waals surface area contributed by atoms with Gasteiger partial charge in [-0.05, 0) is 29.8 Å². The van der Waals surface area contributed by atoms with Gasteiger partial charge in [0.15, 0.2) is 5.82 Å². The molecule has 0 spiro atoms. The van der Waals surface area contributed by atoms with Crippen LogP contribution in [0.1, 0.15) is 16.1 Å². The number of piperazine rings is 1. The molecule has 144 valence electrons. The van der Waals surface area contributed by atoms with Gasteiger partial charge in [0.2, 0.25) is 5.69 Å². The first-order valence-corrected chi connectivity index (χ1v) is 9.46. The molecule has 28 heavy (non-hydrogen) atoms. The zero-order valence-electron chi connectivity index (χ0n) is 15.2. The summed E-state index contributed by atoms with van der Waals surface area (Å²) in [5.74, 6) is -0.677. The molecule has 1 saturated heterocycles. The van der Waals surface area contributed by atoms with Crippen LogP contribution in [0.2, 0.25) is 5.02 Å². The highest BCUT2D eigenvalue weighted by atomic mass is 35.5. The van der Waals surface area contributed by atoms with Crippen molar-refractivity contribution in [3.05, 3.63) is 70.9 Å². The molecule has 8 heteroatoms. The number of carboxylic acids is 1. The third-order valence-corrected chi connectivity index (χ3v) is 5.03. The second kappa shape index (κ2) is 8.00. The highest BCUT2D eigenvalue weighted by Crippen LogP contribution is 2.21. The van der Waals surface area contributed by atoms with Crippen LogP contribution in [-0.4, -0.2) is 57.1 Å². The van der Waals surface area contributed by atoms with Gasteiger partial charge >= 0.3 is 5.97 Å². The summed E-state index contributed by atoms with van der Waals surface area (Å²) in [5.41, 5.74) is 1.91. The number of aromatic nitrogens is 3. The second-order valence-electron chi connectivity index (χ2n) is 6.69. The number of nitrogens with zero attached hydrogens (tertiary/aromatic N) is 5. The lowest BCUT2D eigenvalue weighted by Gasteiger charge is -2.34. The van der Waals surface area contributed by atoms with E-state index in [-0.39, 0.29) is 5.69 Å². The van der Waals surface area contributed by atoms with Gasteiger partial charge in [-0.3, -0.25) is 4.90 Å². The van der Waals surface area contributed by atoms with Crippen molar-refractivity contribution in [2.24, 2.45) is 0 Å². The first-order valence-electron chi connectivity index (χ1n) is 9.08. The van der Waals surface area contributed by atoms with Gasteiger partial charge < -0.3 is 10.0 Å². The summed E-state index contributed by atoms with van der Waals surface area (Å²) in [4.78, 5) is 17.4. The van der Waals surface area contributed by atoms with Gasteiger partial charge in [0, 0.05) is 37.7 Å². The molecule has 0 radical (unpaired) electrons. The maximum atomic E-state index is 11.7. The van der Waals surface area contributed by atoms with E-state index in [2.05, 4.69) is 27.2 Å². The average Bonchev–Trinajstić information content (AvgIpc) is 3.16. The molecule has 0 aliphatic carbocycles. The Morgan fingerprint density at radius 2 is 1.64 bits per heavy atom. The van der Waals surface area contributed by atoms with E-state index in [1.807, 2.05) is 23.1 Å². The molecule has 1 fully saturated rings. The summed E-state index contributed by atoms with van der Waals surface area (Å²) in [7, 11) is 0. The second-order valence-corrected chi connectivity index (χ2v) is 7.13. The fraction of sp³-hybridized carbons (Fsp3) is 0.250. The summed E-state index contributed by atoms with van der Waals surface area (Å²) in [5, 5.41) is 18.8. The minimum Gasteiger partial charge on any atom is -0.476 e. The predicted octanol–water partition coefficient (Wildman–Crippen LogP) is 2.94. The third-order valence-electron chi connectivity index (χ3n) is 4.78. The van der Waals surface area contributed by atoms with E-state index in [9.17, 15) is 9.90 Å². The van der Waals surface area contributed by atoms with Gasteiger partial charge in [-0.1, -0.05) is 41.9 Å². The van der Waals surface area contributed by atoms with Crippen molar-refractivity contribution in [2.75, 3.05) is 31.1 Å². The molecule has 4 rings (SSSR count). The number of rotatable bonds is 5. The van der Waals surface area contributed by atoms with Crippen LogP contribution in [0.15, 0.2) is 54.6 Å². The molecular weight excluding hydrogens is 378 g/mol. The molecule has 1 aliphatic rings. The van der Waals surface area contributed by atoms with Crippen molar-refractivity contribution in [2.45, 2.75) is 6.54 Å². The van der Waals surface area contributed by atoms with Crippen LogP contribution in [0.5, 0.6) is 0 Å². The maximum Gasteiger partial charge on any atom is 0.360 e. The first-order chi connectivity index (χ1) is 13.6. The molecule has 1 aromatic heterocycles. The molecular formula is C20H20ClN5O2. The molecule has 0 saturated carbocycles. The molecule has 3 aromatic rings. The molecule has 0 amide bonds. The Morgan fingerprint density at radius 1 is 0.964 bits per heavy atom. The van der Waals surface area contributed by atoms with Crippen LogP contribution in [0.4, 0.5) is 5.82 Å². The Kier molecular flexibility index (Phi) is 5.27. The molecule has 1 N–H and O–H groups in total. The van der Waals surface area contributed by atoms with E-state index in [4.69, 9.17) is 11.6 Å². The van der Waals surface area contributed by atoms with Crippen LogP contribution in [0, 0.1) is 0 Å². The standard InChI is InChI=1S/C20H20ClN5O2/c21-16-6-8-17(9-7-16)26-22-18(20(27)28)19(23-26)25-12-10-24(11-13-25)14-15-4-2-1-3-5-15/h1-9H,10-14H2,(H,27,28). The van der Waals surface area contributed by atoms with E-state index in [1.54, 1.807) is 24.3 Å². The van der Waals surface area contributed by atoms with Crippen LogP contribution in [0.25, 0.3) is 5.69 Å². The van der Waals surface area contributed by atoms with E-state index >= 15 is 0 Å². The van der Waals surface area contributed by atoms with Crippen molar-refractivity contribution in [1.82, 2.24) is 19.9 Å². The number of aromatic carboxylic acids is 1. The molecule has 1 aliphatic heterocycles. The maximum absolute atomic E-state index is 11.7. The molecule has 2 aromatic carbocycles. The molecule has 0 unspecified atom stereocenters. The van der Waals surface area contributed by atoms with Gasteiger partial charge in [0.05, 0.1) is 5.69 Å². The highest BCUT2D eigenvalue weighted by molar-refractivity contribution is 6.30. The monoisotopic (exact) mass is 397 g/mol. The predicted molar refractivity (Wildman–Crippen MR) is 107 cm³/mol. The van der Waals surface area contributed by atoms with Crippen LogP contribution < -0.4 is 4.90 Å². The number of halogens is 1. The van der Waals surface area contributed by atoms with Crippen molar-refractivity contribution >= 4 is 23.4 Å². The van der Waals surface area contributed by atoms with Gasteiger partial charge in [0.1, 0.15) is 0 Å². The van der Waals surface area contributed by atoms with E-state index in [0.717, 1.165) is 19.6 Å². The zero-order chi connectivity index (χ0) is 19.5. The number of carboxylic acid groups (broad SMARTS) is 1. The number of anilines is 1. The Balaban J connectivity index is 1.49. The van der Waals surface area contributed by atoms with E-state index < -0.39 is 5.97 Å². The topological polar surface area (TPSA) is 74.5 Å². The zero-order valence-corrected chi connectivity index (χ0v) is 16.0.